The molecule has 1 rings (SSSR count). The lowest BCUT2D eigenvalue weighted by atomic mass is 10.1. The molecule has 3 N–H and O–H groups in total. The van der Waals surface area contributed by atoms with Crippen LogP contribution < -0.4 is 5.73 Å². The highest BCUT2D eigenvalue weighted by atomic mass is 16.4. The number of primary amides is 1. The molecule has 0 aromatic rings. The van der Waals surface area contributed by atoms with Crippen LogP contribution >= 0.6 is 0 Å². The normalized spacial score (nSPS) is 18.8. The van der Waals surface area contributed by atoms with E-state index in [1.165, 1.54) is 4.90 Å². The molecule has 8 heteroatoms. The van der Waals surface area contributed by atoms with E-state index in [2.05, 4.69) is 0 Å². The van der Waals surface area contributed by atoms with Crippen LogP contribution in [0.15, 0.2) is 0 Å². The van der Waals surface area contributed by atoms with Crippen molar-refractivity contribution in [1.82, 2.24) is 9.80 Å². The summed E-state index contributed by atoms with van der Waals surface area (Å²) in [5.41, 5.74) is 4.96. The zero-order valence-electron chi connectivity index (χ0n) is 9.96. The van der Waals surface area contributed by atoms with Crippen molar-refractivity contribution in [2.45, 2.75) is 6.42 Å². The molecule has 1 unspecified atom stereocenters. The number of carboxylic acids is 1. The Bertz CT molecular complexity index is 379. The Morgan fingerprint density at radius 3 is 2.44 bits per heavy atom. The standard InChI is InChI=1S/C10H15N3O5/c1-12-3-6(2-8(12)15)10(18)13(4-7(11)14)5-9(16)17/h6H,2-5H2,1H3,(H2,11,14)(H,16,17). The first-order valence-electron chi connectivity index (χ1n) is 5.34. The summed E-state index contributed by atoms with van der Waals surface area (Å²) in [6.07, 6.45) is 0.0320. The number of carboxylic acid groups (broad SMARTS) is 1. The van der Waals surface area contributed by atoms with Crippen LogP contribution in [0.4, 0.5) is 0 Å². The second-order valence-electron chi connectivity index (χ2n) is 4.23. The molecule has 0 spiro atoms. The number of nitrogens with zero attached hydrogens (tertiary/aromatic N) is 2. The fourth-order valence-electron chi connectivity index (χ4n) is 1.85. The number of amides is 3. The van der Waals surface area contributed by atoms with Crippen molar-refractivity contribution in [3.8, 4) is 0 Å². The second-order valence-corrected chi connectivity index (χ2v) is 4.23. The average Bonchev–Trinajstić information content (AvgIpc) is 2.56. The van der Waals surface area contributed by atoms with Crippen LogP contribution in [0.3, 0.4) is 0 Å². The number of aliphatic carboxylic acids is 1. The van der Waals surface area contributed by atoms with Crippen LogP contribution in [0.2, 0.25) is 0 Å². The van der Waals surface area contributed by atoms with Crippen molar-refractivity contribution < 1.29 is 24.3 Å². The van der Waals surface area contributed by atoms with Gasteiger partial charge >= 0.3 is 5.97 Å². The summed E-state index contributed by atoms with van der Waals surface area (Å²) < 4.78 is 0. The van der Waals surface area contributed by atoms with Crippen LogP contribution in [0, 0.1) is 5.92 Å². The minimum Gasteiger partial charge on any atom is -0.480 e. The number of likely N-dealkylation sites (tertiary alicyclic amines) is 1. The predicted octanol–water partition coefficient (Wildman–Crippen LogP) is -2.14. The number of carbonyl (C=O) groups is 4. The van der Waals surface area contributed by atoms with Crippen LogP contribution in [0.5, 0.6) is 0 Å². The maximum atomic E-state index is 12.0. The van der Waals surface area contributed by atoms with Gasteiger partial charge in [-0.2, -0.15) is 0 Å². The summed E-state index contributed by atoms with van der Waals surface area (Å²) in [5.74, 6) is -3.35. The lowest BCUT2D eigenvalue weighted by Gasteiger charge is -2.22. The van der Waals surface area contributed by atoms with E-state index < -0.39 is 36.8 Å². The fraction of sp³-hybridized carbons (Fsp3) is 0.600. The third kappa shape index (κ3) is 3.44. The van der Waals surface area contributed by atoms with E-state index in [4.69, 9.17) is 10.8 Å². The molecule has 0 aromatic heterocycles. The molecule has 1 aliphatic heterocycles. The zero-order valence-corrected chi connectivity index (χ0v) is 9.96. The average molecular weight is 257 g/mol. The van der Waals surface area contributed by atoms with Crippen molar-refractivity contribution >= 4 is 23.7 Å². The van der Waals surface area contributed by atoms with E-state index in [1.54, 1.807) is 7.05 Å². The van der Waals surface area contributed by atoms with Gasteiger partial charge in [-0.15, -0.1) is 0 Å². The Kier molecular flexibility index (Phi) is 4.24. The Morgan fingerprint density at radius 1 is 1.44 bits per heavy atom. The minimum absolute atomic E-state index is 0.0320. The van der Waals surface area contributed by atoms with Crippen molar-refractivity contribution in [2.75, 3.05) is 26.7 Å². The summed E-state index contributed by atoms with van der Waals surface area (Å²) in [7, 11) is 1.56. The molecule has 1 heterocycles. The van der Waals surface area contributed by atoms with E-state index in [0.717, 1.165) is 4.90 Å². The highest BCUT2D eigenvalue weighted by molar-refractivity contribution is 5.92. The molecule has 1 aliphatic rings. The van der Waals surface area contributed by atoms with E-state index in [1.807, 2.05) is 0 Å². The first-order chi connectivity index (χ1) is 8.31. The Hall–Kier alpha value is -2.12. The summed E-state index contributed by atoms with van der Waals surface area (Å²) in [4.78, 5) is 47.0. The lowest BCUT2D eigenvalue weighted by molar-refractivity contribution is -0.147. The van der Waals surface area contributed by atoms with Crippen LogP contribution in [0.25, 0.3) is 0 Å². The SMILES string of the molecule is CN1CC(C(=O)N(CC(N)=O)CC(=O)O)CC1=O. The highest BCUT2D eigenvalue weighted by Gasteiger charge is 2.35. The topological polar surface area (TPSA) is 121 Å². The summed E-state index contributed by atoms with van der Waals surface area (Å²) in [6.45, 7) is -0.831. The van der Waals surface area contributed by atoms with Crippen molar-refractivity contribution in [3.05, 3.63) is 0 Å². The van der Waals surface area contributed by atoms with E-state index in [9.17, 15) is 19.2 Å². The van der Waals surface area contributed by atoms with Crippen LogP contribution in [-0.4, -0.2) is 65.3 Å². The maximum absolute atomic E-state index is 12.0. The van der Waals surface area contributed by atoms with Crippen LogP contribution in [-0.2, 0) is 19.2 Å². The lowest BCUT2D eigenvalue weighted by Crippen LogP contribution is -2.44. The van der Waals surface area contributed by atoms with Gasteiger partial charge in [0.1, 0.15) is 6.54 Å². The zero-order chi connectivity index (χ0) is 13.9. The van der Waals surface area contributed by atoms with E-state index in [-0.39, 0.29) is 18.9 Å². The largest absolute Gasteiger partial charge is 0.480 e. The number of hydrogen-bond acceptors (Lipinski definition) is 4. The first-order valence-corrected chi connectivity index (χ1v) is 5.34. The van der Waals surface area contributed by atoms with Crippen molar-refractivity contribution in [3.63, 3.8) is 0 Å². The highest BCUT2D eigenvalue weighted by Crippen LogP contribution is 2.18. The molecule has 8 nitrogen and oxygen atoms in total. The van der Waals surface area contributed by atoms with Gasteiger partial charge in [-0.25, -0.2) is 0 Å². The Morgan fingerprint density at radius 2 is 2.06 bits per heavy atom. The number of nitrogens with two attached hydrogens (primary N) is 1. The molecule has 18 heavy (non-hydrogen) atoms. The quantitative estimate of drug-likeness (QED) is 0.582. The maximum Gasteiger partial charge on any atom is 0.323 e. The number of carbonyl (C=O) groups excluding carboxylic acids is 3. The molecule has 1 saturated heterocycles. The minimum atomic E-state index is -1.23. The Balaban J connectivity index is 2.73. The molecule has 3 amide bonds. The molecule has 0 bridgehead atoms. The van der Waals surface area contributed by atoms with Crippen molar-refractivity contribution in [2.24, 2.45) is 11.7 Å². The molecule has 0 radical (unpaired) electrons. The molecular formula is C10H15N3O5. The summed E-state index contributed by atoms with van der Waals surface area (Å²) in [6, 6.07) is 0. The van der Waals surface area contributed by atoms with Gasteiger partial charge < -0.3 is 20.6 Å². The smallest absolute Gasteiger partial charge is 0.323 e. The van der Waals surface area contributed by atoms with Gasteiger partial charge in [-0.05, 0) is 0 Å². The number of rotatable bonds is 5. The first kappa shape index (κ1) is 13.9. The van der Waals surface area contributed by atoms with Crippen LogP contribution in [0.1, 0.15) is 6.42 Å². The van der Waals surface area contributed by atoms with Gasteiger partial charge in [-0.3, -0.25) is 19.2 Å². The van der Waals surface area contributed by atoms with E-state index >= 15 is 0 Å². The summed E-state index contributed by atoms with van der Waals surface area (Å²) in [5, 5.41) is 8.67. The third-order valence-corrected chi connectivity index (χ3v) is 2.67. The van der Waals surface area contributed by atoms with Gasteiger partial charge in [0.05, 0.1) is 12.5 Å². The second kappa shape index (κ2) is 5.48. The van der Waals surface area contributed by atoms with Gasteiger partial charge in [-0.1, -0.05) is 0 Å². The van der Waals surface area contributed by atoms with Gasteiger partial charge in [0.2, 0.25) is 17.7 Å². The molecular weight excluding hydrogens is 242 g/mol. The molecule has 1 atom stereocenters. The predicted molar refractivity (Wildman–Crippen MR) is 59.2 cm³/mol. The van der Waals surface area contributed by atoms with Gasteiger partial charge in [0.25, 0.3) is 0 Å². The monoisotopic (exact) mass is 257 g/mol. The molecule has 0 aromatic carbocycles. The Labute approximate surface area is 103 Å². The number of hydrogen-bond donors (Lipinski definition) is 2. The van der Waals surface area contributed by atoms with Gasteiger partial charge in [0.15, 0.2) is 0 Å². The molecule has 100 valence electrons. The van der Waals surface area contributed by atoms with Gasteiger partial charge in [0, 0.05) is 20.0 Å². The molecule has 0 saturated carbocycles. The third-order valence-electron chi connectivity index (χ3n) is 2.67. The van der Waals surface area contributed by atoms with Crippen molar-refractivity contribution in [1.29, 1.82) is 0 Å². The molecule has 1 fully saturated rings. The fourth-order valence-corrected chi connectivity index (χ4v) is 1.85. The van der Waals surface area contributed by atoms with E-state index in [0.29, 0.717) is 0 Å². The molecule has 0 aliphatic carbocycles. The summed E-state index contributed by atoms with van der Waals surface area (Å²) >= 11 is 0.